The molecule has 0 amide bonds. The molecule has 0 spiro atoms. The van der Waals surface area contributed by atoms with Gasteiger partial charge < -0.3 is 0 Å². The van der Waals surface area contributed by atoms with Gasteiger partial charge in [-0.25, -0.2) is 4.42 Å². The van der Waals surface area contributed by atoms with Crippen molar-refractivity contribution in [3.8, 4) is 11.1 Å². The number of halogens is 1. The first-order valence-corrected chi connectivity index (χ1v) is 5.84. The number of nitrogens with zero attached hydrogens (tertiary/aromatic N) is 1. The Morgan fingerprint density at radius 2 is 1.19 bits per heavy atom. The molecule has 0 radical (unpaired) electrons. The van der Waals surface area contributed by atoms with Crippen LogP contribution in [-0.4, -0.2) is 4.42 Å². The number of fused-ring (bicyclic) bond motifs is 6. The third kappa shape index (κ3) is 0.952. The molecule has 1 nitrogen and oxygen atoms in total. The van der Waals surface area contributed by atoms with E-state index in [-0.39, 0.29) is 0 Å². The maximum atomic E-state index is 6.25. The summed E-state index contributed by atoms with van der Waals surface area (Å²) in [6.07, 6.45) is 0. The van der Waals surface area contributed by atoms with E-state index in [1.54, 1.807) is 0 Å². The van der Waals surface area contributed by atoms with Crippen LogP contribution in [0.5, 0.6) is 0 Å². The van der Waals surface area contributed by atoms with E-state index in [4.69, 9.17) is 11.8 Å². The number of hydrogen-bond acceptors (Lipinski definition) is 1. The smallest absolute Gasteiger partial charge is 0.0725 e. The lowest BCUT2D eigenvalue weighted by atomic mass is 9.86. The molecule has 0 aromatic heterocycles. The Hall–Kier alpha value is -1.31. The van der Waals surface area contributed by atoms with Gasteiger partial charge in [-0.2, -0.15) is 0 Å². The summed E-state index contributed by atoms with van der Waals surface area (Å²) in [7, 11) is 0. The summed E-state index contributed by atoms with van der Waals surface area (Å²) < 4.78 is 1.92. The Kier molecular flexibility index (Phi) is 1.58. The van der Waals surface area contributed by atoms with Crippen molar-refractivity contribution < 1.29 is 0 Å². The standard InChI is InChI=1S/C14H10ClN/c15-16-13-11-7-3-1-5-9(11)10-6-2-4-8-12(10)14(13)16/h1-8,13-14H. The van der Waals surface area contributed by atoms with Crippen molar-refractivity contribution in [3.63, 3.8) is 0 Å². The van der Waals surface area contributed by atoms with E-state index < -0.39 is 0 Å². The Labute approximate surface area is 99.4 Å². The highest BCUT2D eigenvalue weighted by atomic mass is 35.5. The van der Waals surface area contributed by atoms with Crippen LogP contribution < -0.4 is 0 Å². The minimum atomic E-state index is 0.382. The maximum Gasteiger partial charge on any atom is 0.0725 e. The van der Waals surface area contributed by atoms with Crippen LogP contribution in [0.3, 0.4) is 0 Å². The van der Waals surface area contributed by atoms with Crippen LogP contribution in [0.4, 0.5) is 0 Å². The molecular formula is C14H10ClN. The molecule has 78 valence electrons. The lowest BCUT2D eigenvalue weighted by Gasteiger charge is -2.16. The summed E-state index contributed by atoms with van der Waals surface area (Å²) in [5.41, 5.74) is 5.40. The Morgan fingerprint density at radius 1 is 0.750 bits per heavy atom. The highest BCUT2D eigenvalue weighted by molar-refractivity contribution is 6.16. The van der Waals surface area contributed by atoms with Gasteiger partial charge in [0.1, 0.15) is 0 Å². The zero-order chi connectivity index (χ0) is 10.7. The second-order valence-electron chi connectivity index (χ2n) is 4.41. The van der Waals surface area contributed by atoms with Crippen LogP contribution in [0.1, 0.15) is 23.2 Å². The highest BCUT2D eigenvalue weighted by Gasteiger charge is 2.53. The third-order valence-corrected chi connectivity index (χ3v) is 4.01. The van der Waals surface area contributed by atoms with Crippen molar-refractivity contribution in [1.29, 1.82) is 0 Å². The van der Waals surface area contributed by atoms with Crippen LogP contribution in [0.2, 0.25) is 0 Å². The van der Waals surface area contributed by atoms with Crippen molar-refractivity contribution in [2.75, 3.05) is 0 Å². The molecule has 0 bridgehead atoms. The van der Waals surface area contributed by atoms with Crippen LogP contribution in [-0.2, 0) is 0 Å². The van der Waals surface area contributed by atoms with Crippen LogP contribution in [0.15, 0.2) is 48.5 Å². The fourth-order valence-electron chi connectivity index (χ4n) is 2.81. The van der Waals surface area contributed by atoms with Crippen molar-refractivity contribution in [2.24, 2.45) is 0 Å². The summed E-state index contributed by atoms with van der Waals surface area (Å²) >= 11 is 6.25. The summed E-state index contributed by atoms with van der Waals surface area (Å²) in [6, 6.07) is 17.9. The minimum absolute atomic E-state index is 0.382. The molecule has 2 aromatic rings. The van der Waals surface area contributed by atoms with Crippen LogP contribution in [0, 0.1) is 0 Å². The lowest BCUT2D eigenvalue weighted by Crippen LogP contribution is -1.98. The zero-order valence-electron chi connectivity index (χ0n) is 8.60. The molecule has 2 heteroatoms. The molecule has 4 rings (SSSR count). The second-order valence-corrected chi connectivity index (χ2v) is 4.80. The summed E-state index contributed by atoms with van der Waals surface area (Å²) in [5.74, 6) is 0. The van der Waals surface area contributed by atoms with Gasteiger partial charge in [0.15, 0.2) is 0 Å². The Bertz CT molecular complexity index is 527. The van der Waals surface area contributed by atoms with E-state index in [0.717, 1.165) is 0 Å². The second kappa shape index (κ2) is 2.88. The lowest BCUT2D eigenvalue weighted by molar-refractivity contribution is 0.790. The molecule has 1 fully saturated rings. The molecule has 1 aliphatic carbocycles. The van der Waals surface area contributed by atoms with Gasteiger partial charge in [0, 0.05) is 0 Å². The van der Waals surface area contributed by atoms with Crippen molar-refractivity contribution in [3.05, 3.63) is 59.7 Å². The predicted octanol–water partition coefficient (Wildman–Crippen LogP) is 3.92. The molecule has 2 unspecified atom stereocenters. The van der Waals surface area contributed by atoms with Gasteiger partial charge in [-0.05, 0) is 34.0 Å². The predicted molar refractivity (Wildman–Crippen MR) is 65.1 cm³/mol. The first-order valence-electron chi connectivity index (χ1n) is 5.50. The average molecular weight is 228 g/mol. The van der Waals surface area contributed by atoms with Crippen molar-refractivity contribution >= 4 is 11.8 Å². The highest BCUT2D eigenvalue weighted by Crippen LogP contribution is 2.62. The molecule has 2 aliphatic rings. The molecule has 0 saturated carbocycles. The quantitative estimate of drug-likeness (QED) is 0.487. The Balaban J connectivity index is 2.07. The fourth-order valence-corrected chi connectivity index (χ4v) is 3.18. The topological polar surface area (TPSA) is 3.01 Å². The fraction of sp³-hybridized carbons (Fsp3) is 0.143. The van der Waals surface area contributed by atoms with E-state index in [1.165, 1.54) is 22.3 Å². The first kappa shape index (κ1) is 8.80. The zero-order valence-corrected chi connectivity index (χ0v) is 9.35. The number of hydrogen-bond donors (Lipinski definition) is 0. The first-order chi connectivity index (χ1) is 7.88. The van der Waals surface area contributed by atoms with E-state index in [0.29, 0.717) is 12.1 Å². The van der Waals surface area contributed by atoms with E-state index in [1.807, 2.05) is 4.42 Å². The molecule has 1 saturated heterocycles. The van der Waals surface area contributed by atoms with Gasteiger partial charge in [0.05, 0.1) is 12.1 Å². The van der Waals surface area contributed by atoms with Crippen LogP contribution >= 0.6 is 11.8 Å². The summed E-state index contributed by atoms with van der Waals surface area (Å²) in [6.45, 7) is 0. The number of benzene rings is 2. The maximum absolute atomic E-state index is 6.25. The summed E-state index contributed by atoms with van der Waals surface area (Å²) in [4.78, 5) is 0. The van der Waals surface area contributed by atoms with Gasteiger partial charge in [0.2, 0.25) is 0 Å². The molecule has 1 heterocycles. The third-order valence-electron chi connectivity index (χ3n) is 3.59. The van der Waals surface area contributed by atoms with Gasteiger partial charge in [-0.3, -0.25) is 0 Å². The van der Waals surface area contributed by atoms with E-state index in [9.17, 15) is 0 Å². The van der Waals surface area contributed by atoms with E-state index in [2.05, 4.69) is 48.5 Å². The number of rotatable bonds is 0. The van der Waals surface area contributed by atoms with Gasteiger partial charge in [-0.15, -0.1) is 0 Å². The van der Waals surface area contributed by atoms with Gasteiger partial charge >= 0.3 is 0 Å². The van der Waals surface area contributed by atoms with Crippen LogP contribution in [0.25, 0.3) is 11.1 Å². The average Bonchev–Trinajstić information content (AvgIpc) is 3.02. The monoisotopic (exact) mass is 227 g/mol. The molecular weight excluding hydrogens is 218 g/mol. The SMILES string of the molecule is ClN1C2c3ccccc3-c3ccccc3C21. The van der Waals surface area contributed by atoms with Gasteiger partial charge in [0.25, 0.3) is 0 Å². The summed E-state index contributed by atoms with van der Waals surface area (Å²) in [5, 5.41) is 0. The van der Waals surface area contributed by atoms with E-state index >= 15 is 0 Å². The molecule has 2 aromatic carbocycles. The largest absolute Gasteiger partial charge is 0.201 e. The van der Waals surface area contributed by atoms with Crippen molar-refractivity contribution in [1.82, 2.24) is 4.42 Å². The Morgan fingerprint density at radius 3 is 1.69 bits per heavy atom. The van der Waals surface area contributed by atoms with Gasteiger partial charge in [-0.1, -0.05) is 48.5 Å². The normalized spacial score (nSPS) is 28.9. The molecule has 0 N–H and O–H groups in total. The van der Waals surface area contributed by atoms with Crippen molar-refractivity contribution in [2.45, 2.75) is 12.1 Å². The molecule has 2 atom stereocenters. The minimum Gasteiger partial charge on any atom is -0.201 e. The molecule has 1 aliphatic heterocycles. The molecule has 16 heavy (non-hydrogen) atoms.